The molecule has 0 saturated heterocycles. The standard InChI is InChI=1S/C44H79O11P/c1-4-5-25-31-40(46)32-27-22-18-14-10-8-12-15-19-23-28-33-43(48)52-37-42(38-54-56(50,51)53-36-41(47)35-45)55-44(49)34-29-24-20-16-11-7-6-9-13-17-21-26-30-39(2)3/h8,10,15,18-19,22,27,32,39-42,45-47H,4-7,9,11-14,16-17,20-21,23-26,28-31,33-38H2,1-3H3,(H,50,51)/b10-8-,19-15-,22-18-,32-27+/t40-,41+,42-/m1/s1. The van der Waals surface area contributed by atoms with E-state index in [4.69, 9.17) is 19.1 Å². The van der Waals surface area contributed by atoms with Gasteiger partial charge in [-0.2, -0.15) is 0 Å². The Bertz CT molecular complexity index is 1100. The van der Waals surface area contributed by atoms with E-state index in [1.807, 2.05) is 36.5 Å². The molecule has 0 aliphatic carbocycles. The number of hydrogen-bond donors (Lipinski definition) is 4. The molecule has 0 radical (unpaired) electrons. The molecule has 326 valence electrons. The molecule has 0 spiro atoms. The van der Waals surface area contributed by atoms with Crippen molar-refractivity contribution < 1.29 is 52.9 Å². The lowest BCUT2D eigenvalue weighted by atomic mass is 10.0. The van der Waals surface area contributed by atoms with Crippen molar-refractivity contribution in [1.29, 1.82) is 0 Å². The van der Waals surface area contributed by atoms with E-state index in [2.05, 4.69) is 37.4 Å². The van der Waals surface area contributed by atoms with Crippen molar-refractivity contribution in [2.24, 2.45) is 5.92 Å². The van der Waals surface area contributed by atoms with Crippen molar-refractivity contribution in [3.8, 4) is 0 Å². The molecule has 1 unspecified atom stereocenters. The van der Waals surface area contributed by atoms with Crippen molar-refractivity contribution in [2.75, 3.05) is 26.4 Å². The fourth-order valence-corrected chi connectivity index (χ4v) is 6.42. The van der Waals surface area contributed by atoms with Crippen LogP contribution in [0.5, 0.6) is 0 Å². The lowest BCUT2D eigenvalue weighted by Crippen LogP contribution is -2.29. The first-order valence-electron chi connectivity index (χ1n) is 21.6. The lowest BCUT2D eigenvalue weighted by molar-refractivity contribution is -0.161. The van der Waals surface area contributed by atoms with E-state index in [1.165, 1.54) is 57.8 Å². The number of phosphoric ester groups is 1. The fourth-order valence-electron chi connectivity index (χ4n) is 5.63. The quantitative estimate of drug-likeness (QED) is 0.0153. The zero-order chi connectivity index (χ0) is 41.5. The van der Waals surface area contributed by atoms with E-state index < -0.39 is 51.8 Å². The largest absolute Gasteiger partial charge is 0.472 e. The molecule has 11 nitrogen and oxygen atoms in total. The van der Waals surface area contributed by atoms with Crippen LogP contribution >= 0.6 is 7.82 Å². The van der Waals surface area contributed by atoms with Crippen LogP contribution in [0.4, 0.5) is 0 Å². The molecule has 0 amide bonds. The van der Waals surface area contributed by atoms with E-state index in [-0.39, 0.29) is 25.6 Å². The van der Waals surface area contributed by atoms with Crippen LogP contribution < -0.4 is 0 Å². The average molecular weight is 815 g/mol. The van der Waals surface area contributed by atoms with Crippen molar-refractivity contribution in [2.45, 2.75) is 187 Å². The Morgan fingerprint density at radius 2 is 1.20 bits per heavy atom. The van der Waals surface area contributed by atoms with Gasteiger partial charge in [0.1, 0.15) is 12.7 Å². The van der Waals surface area contributed by atoms with Gasteiger partial charge in [-0.25, -0.2) is 4.57 Å². The number of phosphoric acid groups is 1. The molecular formula is C44H79O11P. The van der Waals surface area contributed by atoms with Crippen LogP contribution in [0.25, 0.3) is 0 Å². The van der Waals surface area contributed by atoms with Crippen molar-refractivity contribution in [3.63, 3.8) is 0 Å². The molecule has 0 saturated carbocycles. The van der Waals surface area contributed by atoms with E-state index in [1.54, 1.807) is 0 Å². The highest BCUT2D eigenvalue weighted by Crippen LogP contribution is 2.43. The van der Waals surface area contributed by atoms with Gasteiger partial charge in [0.2, 0.25) is 0 Å². The van der Waals surface area contributed by atoms with Gasteiger partial charge in [-0.15, -0.1) is 0 Å². The maximum Gasteiger partial charge on any atom is 0.472 e. The lowest BCUT2D eigenvalue weighted by Gasteiger charge is -2.20. The van der Waals surface area contributed by atoms with Gasteiger partial charge in [0.05, 0.1) is 25.9 Å². The molecular weight excluding hydrogens is 735 g/mol. The molecule has 0 aliphatic rings. The van der Waals surface area contributed by atoms with Crippen LogP contribution in [-0.4, -0.2) is 76.9 Å². The fraction of sp³-hybridized carbons (Fsp3) is 0.773. The molecule has 0 heterocycles. The number of esters is 2. The van der Waals surface area contributed by atoms with E-state index in [0.29, 0.717) is 19.3 Å². The number of rotatable bonds is 39. The summed E-state index contributed by atoms with van der Waals surface area (Å²) in [5.74, 6) is -0.217. The summed E-state index contributed by atoms with van der Waals surface area (Å²) in [6.45, 7) is 4.49. The topological polar surface area (TPSA) is 169 Å². The molecule has 0 aromatic heterocycles. The number of aliphatic hydroxyl groups is 3. The molecule has 0 bridgehead atoms. The highest BCUT2D eigenvalue weighted by Gasteiger charge is 2.27. The third-order valence-electron chi connectivity index (χ3n) is 9.02. The third-order valence-corrected chi connectivity index (χ3v) is 9.97. The SMILES string of the molecule is CCCCC[C@@H](O)/C=C/C=C\C/C=C\C/C=C\CCCC(=O)OC[C@H](COP(=O)(O)OC[C@@H](O)CO)OC(=O)CCCCCCCCCCCCCCC(C)C. The third kappa shape index (κ3) is 38.7. The smallest absolute Gasteiger partial charge is 0.462 e. The van der Waals surface area contributed by atoms with Crippen LogP contribution in [-0.2, 0) is 32.7 Å². The Kier molecular flexibility index (Phi) is 37.0. The molecule has 56 heavy (non-hydrogen) atoms. The van der Waals surface area contributed by atoms with Crippen LogP contribution in [0.3, 0.4) is 0 Å². The summed E-state index contributed by atoms with van der Waals surface area (Å²) in [5.41, 5.74) is 0. The summed E-state index contributed by atoms with van der Waals surface area (Å²) < 4.78 is 32.6. The number of ether oxygens (including phenoxy) is 2. The summed E-state index contributed by atoms with van der Waals surface area (Å²) in [6, 6.07) is 0. The van der Waals surface area contributed by atoms with Crippen molar-refractivity contribution in [3.05, 3.63) is 48.6 Å². The minimum Gasteiger partial charge on any atom is -0.462 e. The van der Waals surface area contributed by atoms with Crippen LogP contribution in [0.1, 0.15) is 168 Å². The Labute approximate surface area is 339 Å². The minimum atomic E-state index is -4.64. The normalized spacial score (nSPS) is 15.0. The first-order chi connectivity index (χ1) is 27.0. The molecule has 4 N–H and O–H groups in total. The zero-order valence-corrected chi connectivity index (χ0v) is 36.0. The number of aliphatic hydroxyl groups excluding tert-OH is 3. The second kappa shape index (κ2) is 38.4. The molecule has 4 atom stereocenters. The number of unbranched alkanes of at least 4 members (excludes halogenated alkanes) is 14. The van der Waals surface area contributed by atoms with Gasteiger partial charge < -0.3 is 29.7 Å². The number of carbonyl (C=O) groups is 2. The van der Waals surface area contributed by atoms with E-state index in [9.17, 15) is 29.3 Å². The minimum absolute atomic E-state index is 0.145. The van der Waals surface area contributed by atoms with Crippen LogP contribution in [0.15, 0.2) is 48.6 Å². The molecule has 0 aliphatic heterocycles. The highest BCUT2D eigenvalue weighted by atomic mass is 31.2. The summed E-state index contributed by atoms with van der Waals surface area (Å²) in [5, 5.41) is 28.2. The number of carbonyl (C=O) groups excluding carboxylic acids is 2. The highest BCUT2D eigenvalue weighted by molar-refractivity contribution is 7.47. The number of hydrogen-bond acceptors (Lipinski definition) is 10. The Hall–Kier alpha value is -2.11. The number of allylic oxidation sites excluding steroid dienone is 7. The summed E-state index contributed by atoms with van der Waals surface area (Å²) in [4.78, 5) is 34.9. The Balaban J connectivity index is 4.43. The van der Waals surface area contributed by atoms with Gasteiger partial charge in [0.25, 0.3) is 0 Å². The summed E-state index contributed by atoms with van der Waals surface area (Å²) >= 11 is 0. The Morgan fingerprint density at radius 1 is 0.643 bits per heavy atom. The molecule has 0 aromatic carbocycles. The second-order valence-corrected chi connectivity index (χ2v) is 16.5. The molecule has 0 aromatic rings. The Morgan fingerprint density at radius 3 is 1.82 bits per heavy atom. The molecule has 12 heteroatoms. The molecule has 0 rings (SSSR count). The summed E-state index contributed by atoms with van der Waals surface area (Å²) in [7, 11) is -4.64. The van der Waals surface area contributed by atoms with Crippen molar-refractivity contribution >= 4 is 19.8 Å². The average Bonchev–Trinajstić information content (AvgIpc) is 3.16. The predicted octanol–water partition coefficient (Wildman–Crippen LogP) is 10.2. The van der Waals surface area contributed by atoms with Gasteiger partial charge >= 0.3 is 19.8 Å². The first-order valence-corrected chi connectivity index (χ1v) is 23.1. The van der Waals surface area contributed by atoms with Crippen LogP contribution in [0, 0.1) is 5.92 Å². The summed E-state index contributed by atoms with van der Waals surface area (Å²) in [6.07, 6.45) is 35.6. The van der Waals surface area contributed by atoms with E-state index in [0.717, 1.165) is 63.7 Å². The van der Waals surface area contributed by atoms with Gasteiger partial charge in [0.15, 0.2) is 6.10 Å². The maximum atomic E-state index is 12.6. The van der Waals surface area contributed by atoms with E-state index >= 15 is 0 Å². The van der Waals surface area contributed by atoms with Gasteiger partial charge in [0, 0.05) is 12.8 Å². The molecule has 0 fully saturated rings. The monoisotopic (exact) mass is 815 g/mol. The predicted molar refractivity (Wildman–Crippen MR) is 225 cm³/mol. The van der Waals surface area contributed by atoms with Crippen molar-refractivity contribution in [1.82, 2.24) is 0 Å². The second-order valence-electron chi connectivity index (χ2n) is 15.0. The van der Waals surface area contributed by atoms with Gasteiger partial charge in [-0.05, 0) is 44.4 Å². The van der Waals surface area contributed by atoms with Gasteiger partial charge in [-0.3, -0.25) is 18.6 Å². The first kappa shape index (κ1) is 53.9. The zero-order valence-electron chi connectivity index (χ0n) is 35.1. The van der Waals surface area contributed by atoms with Crippen LogP contribution in [0.2, 0.25) is 0 Å². The maximum absolute atomic E-state index is 12.6. The van der Waals surface area contributed by atoms with Gasteiger partial charge in [-0.1, -0.05) is 166 Å².